The smallest absolute Gasteiger partial charge is 0.276 e. The van der Waals surface area contributed by atoms with Crippen molar-refractivity contribution in [1.29, 1.82) is 0 Å². The molecule has 3 aromatic carbocycles. The second kappa shape index (κ2) is 6.91. The lowest BCUT2D eigenvalue weighted by atomic mass is 10.1. The number of H-pyrrole nitrogens is 1. The van der Waals surface area contributed by atoms with Gasteiger partial charge in [-0.25, -0.2) is 5.10 Å². The molecule has 1 amide bonds. The number of aromatic nitrogens is 2. The van der Waals surface area contributed by atoms with Gasteiger partial charge in [-0.15, -0.1) is 0 Å². The fourth-order valence-electron chi connectivity index (χ4n) is 3.87. The zero-order chi connectivity index (χ0) is 19.8. The summed E-state index contributed by atoms with van der Waals surface area (Å²) in [5, 5.41) is 10.4. The van der Waals surface area contributed by atoms with Gasteiger partial charge in [0.2, 0.25) is 0 Å². The zero-order valence-electron chi connectivity index (χ0n) is 15.6. The minimum atomic E-state index is -0.364. The second-order valence-electron chi connectivity index (χ2n) is 6.95. The Morgan fingerprint density at radius 3 is 2.45 bits per heavy atom. The van der Waals surface area contributed by atoms with Crippen LogP contribution in [-0.4, -0.2) is 22.6 Å². The molecular weight excluding hydrogens is 364 g/mol. The lowest BCUT2D eigenvalue weighted by Gasteiger charge is -2.23. The molecular formula is C23H18N4O2. The van der Waals surface area contributed by atoms with Gasteiger partial charge >= 0.3 is 0 Å². The Morgan fingerprint density at radius 2 is 1.59 bits per heavy atom. The van der Waals surface area contributed by atoms with Crippen molar-refractivity contribution in [3.63, 3.8) is 0 Å². The number of fused-ring (bicyclic) bond motifs is 2. The van der Waals surface area contributed by atoms with Gasteiger partial charge in [0.05, 0.1) is 16.8 Å². The van der Waals surface area contributed by atoms with Gasteiger partial charge in [-0.3, -0.25) is 9.59 Å². The molecule has 0 radical (unpaired) electrons. The molecule has 0 atom stereocenters. The monoisotopic (exact) mass is 382 g/mol. The molecule has 6 heteroatoms. The van der Waals surface area contributed by atoms with Gasteiger partial charge < -0.3 is 10.2 Å². The van der Waals surface area contributed by atoms with E-state index in [2.05, 4.69) is 32.5 Å². The van der Waals surface area contributed by atoms with Gasteiger partial charge in [-0.1, -0.05) is 48.5 Å². The number of carbonyl (C=O) groups is 1. The van der Waals surface area contributed by atoms with Crippen LogP contribution in [0.25, 0.3) is 10.8 Å². The number of hydrogen-bond acceptors (Lipinski definition) is 4. The maximum atomic E-state index is 13.0. The highest BCUT2D eigenvalue weighted by Crippen LogP contribution is 2.38. The topological polar surface area (TPSA) is 78.1 Å². The summed E-state index contributed by atoms with van der Waals surface area (Å²) in [5.74, 6) is -0.364. The van der Waals surface area contributed by atoms with Crippen molar-refractivity contribution in [2.24, 2.45) is 0 Å². The zero-order valence-corrected chi connectivity index (χ0v) is 15.6. The number of hydrogen-bond donors (Lipinski definition) is 2. The Morgan fingerprint density at radius 1 is 0.897 bits per heavy atom. The van der Waals surface area contributed by atoms with E-state index >= 15 is 0 Å². The first kappa shape index (κ1) is 17.2. The molecule has 1 aliphatic heterocycles. The van der Waals surface area contributed by atoms with Crippen molar-refractivity contribution in [1.82, 2.24) is 10.2 Å². The molecule has 0 fully saturated rings. The van der Waals surface area contributed by atoms with E-state index in [1.807, 2.05) is 36.4 Å². The standard InChI is InChI=1S/C23H18N4O2/c28-22-17-9-3-2-8-16(17)21(25-26-22)23(29)24-18-10-4-6-12-20(18)27-14-13-15-7-1-5-11-19(15)27/h1-12H,13-14H2,(H,24,29)(H,26,28). The SMILES string of the molecule is O=C(Nc1ccccc1N1CCc2ccccc21)c1n[nH]c(=O)c2ccccc12. The average Bonchev–Trinajstić information content (AvgIpc) is 3.18. The Bertz CT molecular complexity index is 1300. The van der Waals surface area contributed by atoms with Crippen LogP contribution in [0.3, 0.4) is 0 Å². The van der Waals surface area contributed by atoms with E-state index in [1.54, 1.807) is 24.3 Å². The lowest BCUT2D eigenvalue weighted by molar-refractivity contribution is 0.102. The van der Waals surface area contributed by atoms with Crippen molar-refractivity contribution < 1.29 is 4.79 Å². The first-order valence-corrected chi connectivity index (χ1v) is 9.45. The fraction of sp³-hybridized carbons (Fsp3) is 0.0870. The van der Waals surface area contributed by atoms with Crippen LogP contribution in [0.2, 0.25) is 0 Å². The summed E-state index contributed by atoms with van der Waals surface area (Å²) >= 11 is 0. The van der Waals surface area contributed by atoms with E-state index in [0.717, 1.165) is 24.3 Å². The summed E-state index contributed by atoms with van der Waals surface area (Å²) in [4.78, 5) is 27.2. The van der Waals surface area contributed by atoms with Crippen molar-refractivity contribution >= 4 is 33.7 Å². The maximum Gasteiger partial charge on any atom is 0.276 e. The quantitative estimate of drug-likeness (QED) is 0.564. The third-order valence-corrected chi connectivity index (χ3v) is 5.24. The molecule has 0 aliphatic carbocycles. The number of nitrogens with one attached hydrogen (secondary N) is 2. The van der Waals surface area contributed by atoms with Crippen LogP contribution in [0.4, 0.5) is 17.1 Å². The molecule has 2 N–H and O–H groups in total. The minimum Gasteiger partial charge on any atom is -0.339 e. The normalized spacial score (nSPS) is 12.8. The van der Waals surface area contributed by atoms with E-state index in [4.69, 9.17) is 0 Å². The Kier molecular flexibility index (Phi) is 4.09. The number of aromatic amines is 1. The number of para-hydroxylation sites is 3. The number of amides is 1. The number of rotatable bonds is 3. The van der Waals surface area contributed by atoms with Crippen molar-refractivity contribution in [3.05, 3.63) is 94.4 Å². The summed E-state index contributed by atoms with van der Waals surface area (Å²) in [6.45, 7) is 0.853. The highest BCUT2D eigenvalue weighted by molar-refractivity contribution is 6.12. The fourth-order valence-corrected chi connectivity index (χ4v) is 3.87. The van der Waals surface area contributed by atoms with Crippen molar-refractivity contribution in [3.8, 4) is 0 Å². The summed E-state index contributed by atoms with van der Waals surface area (Å²) < 4.78 is 0. The van der Waals surface area contributed by atoms with E-state index in [9.17, 15) is 9.59 Å². The van der Waals surface area contributed by atoms with Crippen LogP contribution in [0, 0.1) is 0 Å². The van der Waals surface area contributed by atoms with E-state index in [0.29, 0.717) is 16.5 Å². The molecule has 0 saturated heterocycles. The summed E-state index contributed by atoms with van der Waals surface area (Å²) in [7, 11) is 0. The third-order valence-electron chi connectivity index (χ3n) is 5.24. The third kappa shape index (κ3) is 2.95. The van der Waals surface area contributed by atoms with Crippen LogP contribution in [0.5, 0.6) is 0 Å². The van der Waals surface area contributed by atoms with Gasteiger partial charge in [0, 0.05) is 17.6 Å². The van der Waals surface area contributed by atoms with Gasteiger partial charge in [0.1, 0.15) is 0 Å². The Hall–Kier alpha value is -3.93. The molecule has 4 aromatic rings. The first-order valence-electron chi connectivity index (χ1n) is 9.45. The van der Waals surface area contributed by atoms with Crippen LogP contribution in [-0.2, 0) is 6.42 Å². The number of carbonyl (C=O) groups excluding carboxylic acids is 1. The van der Waals surface area contributed by atoms with Crippen LogP contribution in [0.1, 0.15) is 16.1 Å². The molecule has 142 valence electrons. The van der Waals surface area contributed by atoms with Gasteiger partial charge in [0.15, 0.2) is 5.69 Å². The van der Waals surface area contributed by atoms with Crippen molar-refractivity contribution in [2.45, 2.75) is 6.42 Å². The molecule has 5 rings (SSSR count). The largest absolute Gasteiger partial charge is 0.339 e. The molecule has 1 aromatic heterocycles. The van der Waals surface area contributed by atoms with Gasteiger partial charge in [-0.2, -0.15) is 5.10 Å². The van der Waals surface area contributed by atoms with Crippen molar-refractivity contribution in [2.75, 3.05) is 16.8 Å². The molecule has 0 spiro atoms. The molecule has 1 aliphatic rings. The molecule has 0 unspecified atom stereocenters. The van der Waals surface area contributed by atoms with Gasteiger partial charge in [-0.05, 0) is 36.2 Å². The highest BCUT2D eigenvalue weighted by Gasteiger charge is 2.23. The maximum absolute atomic E-state index is 13.0. The first-order chi connectivity index (χ1) is 14.2. The predicted molar refractivity (Wildman–Crippen MR) is 114 cm³/mol. The number of nitrogens with zero attached hydrogens (tertiary/aromatic N) is 2. The molecule has 2 heterocycles. The van der Waals surface area contributed by atoms with Gasteiger partial charge in [0.25, 0.3) is 11.5 Å². The molecule has 0 saturated carbocycles. The number of anilines is 3. The minimum absolute atomic E-state index is 0.192. The summed E-state index contributed by atoms with van der Waals surface area (Å²) in [6, 6.07) is 23.0. The predicted octanol–water partition coefficient (Wildman–Crippen LogP) is 3.87. The van der Waals surface area contributed by atoms with Crippen LogP contribution in [0.15, 0.2) is 77.6 Å². The lowest BCUT2D eigenvalue weighted by Crippen LogP contribution is -2.21. The Balaban J connectivity index is 1.53. The highest BCUT2D eigenvalue weighted by atomic mass is 16.2. The second-order valence-corrected chi connectivity index (χ2v) is 6.95. The molecule has 6 nitrogen and oxygen atoms in total. The van der Waals surface area contributed by atoms with Crippen LogP contribution >= 0.6 is 0 Å². The van der Waals surface area contributed by atoms with E-state index in [-0.39, 0.29) is 17.2 Å². The molecule has 29 heavy (non-hydrogen) atoms. The van der Waals surface area contributed by atoms with E-state index in [1.165, 1.54) is 5.56 Å². The Labute approximate surface area is 166 Å². The van der Waals surface area contributed by atoms with Crippen LogP contribution < -0.4 is 15.8 Å². The van der Waals surface area contributed by atoms with E-state index < -0.39 is 0 Å². The average molecular weight is 382 g/mol. The number of benzene rings is 3. The summed E-state index contributed by atoms with van der Waals surface area (Å²) in [5.41, 5.74) is 3.96. The summed E-state index contributed by atoms with van der Waals surface area (Å²) in [6.07, 6.45) is 0.963. The molecule has 0 bridgehead atoms.